The van der Waals surface area contributed by atoms with Gasteiger partial charge in [0.25, 0.3) is 6.17 Å². The molecule has 0 saturated heterocycles. The van der Waals surface area contributed by atoms with Crippen molar-refractivity contribution in [3.05, 3.63) is 17.1 Å². The third-order valence-corrected chi connectivity index (χ3v) is 2.20. The molecule has 1 heterocycles. The van der Waals surface area contributed by atoms with Gasteiger partial charge in [0.15, 0.2) is 0 Å². The van der Waals surface area contributed by atoms with E-state index in [1.807, 2.05) is 0 Å². The monoisotopic (exact) mass is 199 g/mol. The van der Waals surface area contributed by atoms with E-state index in [-0.39, 0.29) is 11.0 Å². The van der Waals surface area contributed by atoms with Crippen LogP contribution in [0.15, 0.2) is 10.7 Å². The zero-order valence-corrected chi connectivity index (χ0v) is 8.66. The number of aryl methyl sites for hydroxylation is 1. The molecule has 0 unspecified atom stereocenters. The van der Waals surface area contributed by atoms with Crippen molar-refractivity contribution in [1.82, 2.24) is 5.27 Å². The van der Waals surface area contributed by atoms with E-state index >= 15 is 0 Å². The van der Waals surface area contributed by atoms with Gasteiger partial charge in [0, 0.05) is 6.42 Å². The largest absolute Gasteiger partial charge is 0.592 e. The molecular formula is C10H18N2O2. The Morgan fingerprint density at radius 1 is 1.43 bits per heavy atom. The Bertz CT molecular complexity index is 289. The second-order valence-electron chi connectivity index (χ2n) is 3.50. The zero-order chi connectivity index (χ0) is 11.1. The van der Waals surface area contributed by atoms with Crippen LogP contribution in [-0.4, -0.2) is 5.27 Å². The van der Waals surface area contributed by atoms with Crippen LogP contribution in [0.5, 0.6) is 0 Å². The summed E-state index contributed by atoms with van der Waals surface area (Å²) in [6.07, 6.45) is 7.59. The molecule has 0 aromatic carbocycles. The Labute approximate surface area is 85.9 Å². The maximum Gasteiger partial charge on any atom is 0.254 e. The van der Waals surface area contributed by atoms with E-state index in [0.29, 0.717) is 12.2 Å². The van der Waals surface area contributed by atoms with Crippen LogP contribution in [0.4, 0.5) is 0 Å². The SMILES string of the molecule is [2H]c1c(CCCCCCCC)on[n+]1[O-]. The van der Waals surface area contributed by atoms with Gasteiger partial charge >= 0.3 is 0 Å². The summed E-state index contributed by atoms with van der Waals surface area (Å²) in [6.45, 7) is 2.19. The van der Waals surface area contributed by atoms with Crippen LogP contribution in [0.2, 0.25) is 0 Å². The predicted octanol–water partition coefficient (Wildman–Crippen LogP) is 2.21. The molecule has 0 radical (unpaired) electrons. The van der Waals surface area contributed by atoms with Crippen LogP contribution in [0, 0.1) is 5.21 Å². The van der Waals surface area contributed by atoms with Crippen molar-refractivity contribution in [3.63, 3.8) is 0 Å². The van der Waals surface area contributed by atoms with E-state index in [1.165, 1.54) is 25.7 Å². The minimum Gasteiger partial charge on any atom is -0.592 e. The molecule has 0 N–H and O–H groups in total. The molecule has 1 aromatic heterocycles. The second-order valence-corrected chi connectivity index (χ2v) is 3.50. The maximum atomic E-state index is 10.7. The number of hydrogen-bond acceptors (Lipinski definition) is 3. The number of unbranched alkanes of at least 4 members (excludes halogenated alkanes) is 5. The molecule has 0 fully saturated rings. The lowest BCUT2D eigenvalue weighted by molar-refractivity contribution is -0.679. The van der Waals surface area contributed by atoms with Gasteiger partial charge in [0.2, 0.25) is 11.0 Å². The second kappa shape index (κ2) is 6.40. The quantitative estimate of drug-likeness (QED) is 0.384. The minimum absolute atomic E-state index is 0.149. The lowest BCUT2D eigenvalue weighted by atomic mass is 10.1. The van der Waals surface area contributed by atoms with E-state index in [2.05, 4.69) is 12.2 Å². The molecule has 0 saturated carbocycles. The fourth-order valence-corrected chi connectivity index (χ4v) is 1.40. The summed E-state index contributed by atoms with van der Waals surface area (Å²) in [5.41, 5.74) is 0. The zero-order valence-electron chi connectivity index (χ0n) is 9.66. The molecule has 0 spiro atoms. The van der Waals surface area contributed by atoms with Gasteiger partial charge in [-0.3, -0.25) is 0 Å². The van der Waals surface area contributed by atoms with E-state index in [1.54, 1.807) is 0 Å². The molecule has 1 rings (SSSR count). The fraction of sp³-hybridized carbons (Fsp3) is 0.800. The van der Waals surface area contributed by atoms with Crippen molar-refractivity contribution in [2.24, 2.45) is 0 Å². The molecule has 0 bridgehead atoms. The molecule has 4 heteroatoms. The highest BCUT2D eigenvalue weighted by Gasteiger charge is 2.04. The number of rotatable bonds is 7. The van der Waals surface area contributed by atoms with E-state index in [4.69, 9.17) is 5.89 Å². The van der Waals surface area contributed by atoms with Gasteiger partial charge in [0.1, 0.15) is 1.37 Å². The first-order valence-corrected chi connectivity index (χ1v) is 5.30. The van der Waals surface area contributed by atoms with Crippen molar-refractivity contribution < 1.29 is 10.7 Å². The summed E-state index contributed by atoms with van der Waals surface area (Å²) in [5.74, 6) is 0.403. The third-order valence-electron chi connectivity index (χ3n) is 2.20. The average molecular weight is 199 g/mol. The summed E-state index contributed by atoms with van der Waals surface area (Å²) >= 11 is 0. The lowest BCUT2D eigenvalue weighted by Crippen LogP contribution is -2.25. The van der Waals surface area contributed by atoms with Gasteiger partial charge < -0.3 is 9.73 Å². The first kappa shape index (κ1) is 9.49. The number of hydrogen-bond donors (Lipinski definition) is 0. The van der Waals surface area contributed by atoms with Crippen molar-refractivity contribution in [2.75, 3.05) is 0 Å². The maximum absolute atomic E-state index is 10.7. The molecular weight excluding hydrogens is 180 g/mol. The van der Waals surface area contributed by atoms with Crippen molar-refractivity contribution >= 4 is 0 Å². The molecule has 14 heavy (non-hydrogen) atoms. The van der Waals surface area contributed by atoms with Crippen molar-refractivity contribution in [2.45, 2.75) is 51.9 Å². The number of nitrogens with zero attached hydrogens (tertiary/aromatic N) is 2. The normalized spacial score (nSPS) is 11.6. The first-order chi connectivity index (χ1) is 7.25. The van der Waals surface area contributed by atoms with Crippen LogP contribution in [0.1, 0.15) is 52.6 Å². The predicted molar refractivity (Wildman–Crippen MR) is 52.5 cm³/mol. The molecule has 1 aromatic rings. The Kier molecular flexibility index (Phi) is 4.34. The summed E-state index contributed by atoms with van der Waals surface area (Å²) in [7, 11) is 0. The van der Waals surface area contributed by atoms with Crippen LogP contribution in [0.25, 0.3) is 0 Å². The molecule has 0 aliphatic carbocycles. The standard InChI is InChI=1S/C10H18N2O2/c1-2-3-4-5-6-7-8-10-9-12(13)11-14-10/h9H,2-8H2,1H3/i9D. The average Bonchev–Trinajstić information content (AvgIpc) is 2.54. The van der Waals surface area contributed by atoms with Crippen LogP contribution < -0.4 is 4.85 Å². The highest BCUT2D eigenvalue weighted by atomic mass is 16.6. The minimum atomic E-state index is -0.149. The van der Waals surface area contributed by atoms with E-state index < -0.39 is 0 Å². The highest BCUT2D eigenvalue weighted by Crippen LogP contribution is 2.08. The van der Waals surface area contributed by atoms with Gasteiger partial charge in [-0.1, -0.05) is 39.0 Å². The topological polar surface area (TPSA) is 53.0 Å². The van der Waals surface area contributed by atoms with Gasteiger partial charge in [-0.2, -0.15) is 0 Å². The van der Waals surface area contributed by atoms with E-state index in [9.17, 15) is 5.21 Å². The molecule has 80 valence electrons. The summed E-state index contributed by atoms with van der Waals surface area (Å²) < 4.78 is 12.1. The van der Waals surface area contributed by atoms with Gasteiger partial charge in [-0.15, -0.1) is 0 Å². The Hall–Kier alpha value is -1.06. The summed E-state index contributed by atoms with van der Waals surface area (Å²) in [5, 5.41) is 13.9. The lowest BCUT2D eigenvalue weighted by Gasteiger charge is -1.97. The van der Waals surface area contributed by atoms with Gasteiger partial charge in [0.05, 0.1) is 0 Å². The van der Waals surface area contributed by atoms with Gasteiger partial charge in [-0.25, -0.2) is 0 Å². The molecule has 4 nitrogen and oxygen atoms in total. The molecule has 0 aliphatic rings. The molecule has 0 atom stereocenters. The van der Waals surface area contributed by atoms with Crippen molar-refractivity contribution in [3.8, 4) is 0 Å². The van der Waals surface area contributed by atoms with Crippen LogP contribution >= 0.6 is 0 Å². The summed E-state index contributed by atoms with van der Waals surface area (Å²) in [4.78, 5) is 0.215. The summed E-state index contributed by atoms with van der Waals surface area (Å²) in [6, 6.07) is 0. The fourth-order valence-electron chi connectivity index (χ4n) is 1.40. The smallest absolute Gasteiger partial charge is 0.254 e. The van der Waals surface area contributed by atoms with Crippen molar-refractivity contribution in [1.29, 1.82) is 0 Å². The Morgan fingerprint density at radius 3 is 2.79 bits per heavy atom. The van der Waals surface area contributed by atoms with Gasteiger partial charge in [-0.05, 0) is 11.3 Å². The third kappa shape index (κ3) is 4.25. The Balaban J connectivity index is 2.12. The van der Waals surface area contributed by atoms with Crippen LogP contribution in [0.3, 0.4) is 0 Å². The number of aromatic nitrogens is 2. The Morgan fingerprint density at radius 2 is 2.14 bits per heavy atom. The molecule has 0 amide bonds. The van der Waals surface area contributed by atoms with E-state index in [0.717, 1.165) is 12.8 Å². The molecule has 0 aliphatic heterocycles. The first-order valence-electron chi connectivity index (χ1n) is 5.80. The van der Waals surface area contributed by atoms with Crippen LogP contribution in [-0.2, 0) is 6.42 Å². The highest BCUT2D eigenvalue weighted by molar-refractivity contribution is 4.81.